The number of nitrogens with one attached hydrogen (secondary N) is 1. The molecular weight excluding hydrogens is 324 g/mol. The lowest BCUT2D eigenvalue weighted by Gasteiger charge is -2.28. The number of carbonyl (C=O) groups is 1. The maximum atomic E-state index is 11.0. The Morgan fingerprint density at radius 1 is 1.38 bits per heavy atom. The summed E-state index contributed by atoms with van der Waals surface area (Å²) in [6.45, 7) is 4.23. The number of rotatable bonds is 6. The molecule has 0 saturated heterocycles. The van der Waals surface area contributed by atoms with Crippen molar-refractivity contribution in [2.75, 3.05) is 25.0 Å². The molecule has 2 aromatic rings. The first-order valence-electron chi connectivity index (χ1n) is 8.06. The van der Waals surface area contributed by atoms with Crippen molar-refractivity contribution >= 4 is 22.9 Å². The number of anilines is 1. The highest BCUT2D eigenvalue weighted by molar-refractivity contribution is 7.10. The van der Waals surface area contributed by atoms with Gasteiger partial charge in [0.25, 0.3) is 0 Å². The number of amides is 1. The van der Waals surface area contributed by atoms with Gasteiger partial charge in [0.05, 0.1) is 0 Å². The largest absolute Gasteiger partial charge is 0.491 e. The van der Waals surface area contributed by atoms with Gasteiger partial charge in [-0.25, -0.2) is 0 Å². The first-order valence-corrected chi connectivity index (χ1v) is 8.94. The lowest BCUT2D eigenvalue weighted by molar-refractivity contribution is -0.114. The fraction of sp³-hybridized carbons (Fsp3) is 0.389. The van der Waals surface area contributed by atoms with Crippen LogP contribution in [0.15, 0.2) is 35.7 Å². The van der Waals surface area contributed by atoms with Crippen molar-refractivity contribution in [3.8, 4) is 5.75 Å². The molecule has 1 amide bonds. The number of carbonyl (C=O) groups excluding carboxylic acids is 1. The topological polar surface area (TPSA) is 61.8 Å². The number of thiophene rings is 1. The summed E-state index contributed by atoms with van der Waals surface area (Å²) in [7, 11) is 0. The van der Waals surface area contributed by atoms with Gasteiger partial charge >= 0.3 is 0 Å². The number of aliphatic hydroxyl groups excluding tert-OH is 1. The Morgan fingerprint density at radius 3 is 2.92 bits per heavy atom. The summed E-state index contributed by atoms with van der Waals surface area (Å²) in [5.74, 6) is 0.580. The average Bonchev–Trinajstić information content (AvgIpc) is 3.01. The fourth-order valence-corrected chi connectivity index (χ4v) is 3.73. The molecule has 0 aliphatic carbocycles. The smallest absolute Gasteiger partial charge is 0.221 e. The molecule has 128 valence electrons. The second-order valence-corrected chi connectivity index (χ2v) is 7.03. The minimum atomic E-state index is -0.528. The molecule has 2 heterocycles. The van der Waals surface area contributed by atoms with Gasteiger partial charge in [0.15, 0.2) is 0 Å². The Kier molecular flexibility index (Phi) is 5.50. The van der Waals surface area contributed by atoms with Crippen molar-refractivity contribution in [1.29, 1.82) is 0 Å². The maximum Gasteiger partial charge on any atom is 0.221 e. The van der Waals surface area contributed by atoms with E-state index in [1.165, 1.54) is 17.4 Å². The van der Waals surface area contributed by atoms with Crippen LogP contribution in [0.5, 0.6) is 5.75 Å². The van der Waals surface area contributed by atoms with Gasteiger partial charge in [-0.2, -0.15) is 0 Å². The Morgan fingerprint density at radius 2 is 2.17 bits per heavy atom. The van der Waals surface area contributed by atoms with Crippen LogP contribution in [0, 0.1) is 0 Å². The van der Waals surface area contributed by atoms with E-state index in [-0.39, 0.29) is 12.5 Å². The van der Waals surface area contributed by atoms with Crippen molar-refractivity contribution in [3.63, 3.8) is 0 Å². The number of ether oxygens (including phenoxy) is 1. The van der Waals surface area contributed by atoms with Crippen LogP contribution in [0.3, 0.4) is 0 Å². The van der Waals surface area contributed by atoms with Crippen LogP contribution in [-0.4, -0.2) is 41.7 Å². The number of nitrogens with zero attached hydrogens (tertiary/aromatic N) is 1. The predicted molar refractivity (Wildman–Crippen MR) is 95.5 cm³/mol. The second kappa shape index (κ2) is 7.79. The molecule has 0 radical (unpaired) electrons. The van der Waals surface area contributed by atoms with Crippen molar-refractivity contribution in [3.05, 3.63) is 46.2 Å². The van der Waals surface area contributed by atoms with Gasteiger partial charge in [-0.05, 0) is 47.7 Å². The molecule has 1 aromatic heterocycles. The van der Waals surface area contributed by atoms with Gasteiger partial charge in [-0.1, -0.05) is 0 Å². The first-order chi connectivity index (χ1) is 11.6. The normalized spacial score (nSPS) is 15.6. The van der Waals surface area contributed by atoms with Crippen molar-refractivity contribution < 1.29 is 14.6 Å². The van der Waals surface area contributed by atoms with E-state index in [4.69, 9.17) is 4.74 Å². The number of hydrogen-bond acceptors (Lipinski definition) is 5. The summed E-state index contributed by atoms with van der Waals surface area (Å²) in [4.78, 5) is 14.7. The zero-order valence-corrected chi connectivity index (χ0v) is 14.5. The van der Waals surface area contributed by atoms with Gasteiger partial charge in [0, 0.05) is 37.1 Å². The molecule has 0 bridgehead atoms. The monoisotopic (exact) mass is 346 g/mol. The summed E-state index contributed by atoms with van der Waals surface area (Å²) in [5, 5.41) is 15.1. The molecule has 0 fully saturated rings. The highest BCUT2D eigenvalue weighted by atomic mass is 32.1. The molecule has 3 rings (SSSR count). The standard InChI is InChI=1S/C18H22N2O3S/c1-13(21)19-15-2-4-17(5-3-15)23-12-16(22)11-20-8-6-18-14(10-20)7-9-24-18/h2-5,7,9,16,22H,6,8,10-12H2,1H3,(H,19,21). The summed E-state index contributed by atoms with van der Waals surface area (Å²) in [6.07, 6.45) is 0.533. The number of aliphatic hydroxyl groups is 1. The van der Waals surface area contributed by atoms with Gasteiger partial charge < -0.3 is 15.2 Å². The SMILES string of the molecule is CC(=O)Nc1ccc(OCC(O)CN2CCc3sccc3C2)cc1. The summed E-state index contributed by atoms with van der Waals surface area (Å²) in [5.41, 5.74) is 2.11. The minimum Gasteiger partial charge on any atom is -0.491 e. The average molecular weight is 346 g/mol. The molecule has 24 heavy (non-hydrogen) atoms. The quantitative estimate of drug-likeness (QED) is 0.844. The van der Waals surface area contributed by atoms with Crippen molar-refractivity contribution in [2.45, 2.75) is 26.0 Å². The van der Waals surface area contributed by atoms with Gasteiger partial charge in [0.2, 0.25) is 5.91 Å². The fourth-order valence-electron chi connectivity index (χ4n) is 2.84. The Bertz CT molecular complexity index is 684. The van der Waals surface area contributed by atoms with E-state index < -0.39 is 6.10 Å². The van der Waals surface area contributed by atoms with E-state index in [9.17, 15) is 9.90 Å². The zero-order chi connectivity index (χ0) is 16.9. The molecule has 1 aliphatic heterocycles. The maximum absolute atomic E-state index is 11.0. The van der Waals surface area contributed by atoms with Crippen molar-refractivity contribution in [2.24, 2.45) is 0 Å². The number of fused-ring (bicyclic) bond motifs is 1. The van der Waals surface area contributed by atoms with E-state index in [0.717, 1.165) is 25.2 Å². The third-order valence-corrected chi connectivity index (χ3v) is 5.00. The molecule has 1 aromatic carbocycles. The Hall–Kier alpha value is -1.89. The number of hydrogen-bond donors (Lipinski definition) is 2. The Labute approximate surface area is 145 Å². The Balaban J connectivity index is 1.44. The highest BCUT2D eigenvalue weighted by Gasteiger charge is 2.19. The van der Waals surface area contributed by atoms with Crippen LogP contribution in [0.4, 0.5) is 5.69 Å². The lowest BCUT2D eigenvalue weighted by atomic mass is 10.1. The van der Waals surface area contributed by atoms with Crippen LogP contribution in [0.25, 0.3) is 0 Å². The number of β-amino-alcohol motifs (C(OH)–C–C–N with tert-alkyl or cyclic N) is 1. The highest BCUT2D eigenvalue weighted by Crippen LogP contribution is 2.24. The van der Waals surface area contributed by atoms with Crippen LogP contribution >= 0.6 is 11.3 Å². The summed E-state index contributed by atoms with van der Waals surface area (Å²) >= 11 is 1.82. The van der Waals surface area contributed by atoms with Gasteiger partial charge in [-0.15, -0.1) is 11.3 Å². The van der Waals surface area contributed by atoms with E-state index in [0.29, 0.717) is 12.3 Å². The van der Waals surface area contributed by atoms with E-state index in [1.54, 1.807) is 24.3 Å². The molecule has 1 unspecified atom stereocenters. The summed E-state index contributed by atoms with van der Waals surface area (Å²) < 4.78 is 5.64. The van der Waals surface area contributed by atoms with Crippen LogP contribution in [0.1, 0.15) is 17.4 Å². The molecule has 1 aliphatic rings. The first kappa shape index (κ1) is 17.0. The molecule has 0 spiro atoms. The van der Waals surface area contributed by atoms with Gasteiger partial charge in [-0.3, -0.25) is 9.69 Å². The lowest BCUT2D eigenvalue weighted by Crippen LogP contribution is -2.38. The third-order valence-electron chi connectivity index (χ3n) is 3.97. The molecule has 1 atom stereocenters. The van der Waals surface area contributed by atoms with E-state index in [2.05, 4.69) is 21.7 Å². The number of benzene rings is 1. The minimum absolute atomic E-state index is 0.102. The molecule has 6 heteroatoms. The predicted octanol–water partition coefficient (Wildman–Crippen LogP) is 2.50. The zero-order valence-electron chi connectivity index (χ0n) is 13.7. The molecule has 5 nitrogen and oxygen atoms in total. The van der Waals surface area contributed by atoms with E-state index in [1.807, 2.05) is 11.3 Å². The molecule has 0 saturated carbocycles. The van der Waals surface area contributed by atoms with E-state index >= 15 is 0 Å². The molecule has 2 N–H and O–H groups in total. The second-order valence-electron chi connectivity index (χ2n) is 6.02. The third kappa shape index (κ3) is 4.56. The summed E-state index contributed by atoms with van der Waals surface area (Å²) in [6, 6.07) is 9.32. The van der Waals surface area contributed by atoms with Crippen LogP contribution in [0.2, 0.25) is 0 Å². The van der Waals surface area contributed by atoms with Gasteiger partial charge in [0.1, 0.15) is 18.5 Å². The van der Waals surface area contributed by atoms with Crippen molar-refractivity contribution in [1.82, 2.24) is 4.90 Å². The van der Waals surface area contributed by atoms with Crippen LogP contribution < -0.4 is 10.1 Å². The van der Waals surface area contributed by atoms with Crippen LogP contribution in [-0.2, 0) is 17.8 Å². The molecular formula is C18H22N2O3S.